The summed E-state index contributed by atoms with van der Waals surface area (Å²) in [5, 5.41) is 0. The number of rotatable bonds is 10. The number of ether oxygens (including phenoxy) is 3. The Labute approximate surface area is 166 Å². The van der Waals surface area contributed by atoms with Crippen molar-refractivity contribution in [2.45, 2.75) is 19.6 Å². The highest BCUT2D eigenvalue weighted by Crippen LogP contribution is 2.36. The van der Waals surface area contributed by atoms with E-state index in [2.05, 4.69) is 13.2 Å². The van der Waals surface area contributed by atoms with Crippen LogP contribution in [0.3, 0.4) is 0 Å². The van der Waals surface area contributed by atoms with Gasteiger partial charge in [-0.2, -0.15) is 0 Å². The molecule has 28 heavy (non-hydrogen) atoms. The van der Waals surface area contributed by atoms with Crippen LogP contribution in [-0.2, 0) is 19.6 Å². The first-order valence-electron chi connectivity index (χ1n) is 9.19. The minimum Gasteiger partial charge on any atom is -0.489 e. The molecule has 0 N–H and O–H groups in total. The van der Waals surface area contributed by atoms with Gasteiger partial charge in [-0.25, -0.2) is 0 Å². The number of allylic oxidation sites excluding steroid dienone is 1. The SMILES string of the molecule is C=CCc1c(OC=C)cc(OCc2ccccc2)cc1OCc1ccccc1. The molecule has 3 aromatic rings. The van der Waals surface area contributed by atoms with Crippen LogP contribution in [0.2, 0.25) is 0 Å². The molecule has 3 aromatic carbocycles. The average Bonchev–Trinajstić information content (AvgIpc) is 2.74. The van der Waals surface area contributed by atoms with Crippen molar-refractivity contribution in [3.8, 4) is 17.2 Å². The molecule has 0 aliphatic carbocycles. The van der Waals surface area contributed by atoms with Crippen LogP contribution in [0.1, 0.15) is 16.7 Å². The zero-order chi connectivity index (χ0) is 19.6. The van der Waals surface area contributed by atoms with E-state index in [-0.39, 0.29) is 0 Å². The van der Waals surface area contributed by atoms with E-state index in [1.807, 2.05) is 78.9 Å². The van der Waals surface area contributed by atoms with Crippen LogP contribution in [0.25, 0.3) is 0 Å². The lowest BCUT2D eigenvalue weighted by molar-refractivity contribution is 0.285. The van der Waals surface area contributed by atoms with E-state index in [1.54, 1.807) is 0 Å². The van der Waals surface area contributed by atoms with Gasteiger partial charge in [0.25, 0.3) is 0 Å². The lowest BCUT2D eigenvalue weighted by atomic mass is 10.1. The van der Waals surface area contributed by atoms with Crippen LogP contribution in [0.4, 0.5) is 0 Å². The zero-order valence-corrected chi connectivity index (χ0v) is 15.8. The maximum Gasteiger partial charge on any atom is 0.137 e. The number of hydrogen-bond acceptors (Lipinski definition) is 3. The Morgan fingerprint density at radius 1 is 0.714 bits per heavy atom. The zero-order valence-electron chi connectivity index (χ0n) is 15.8. The minimum absolute atomic E-state index is 0.459. The molecule has 0 atom stereocenters. The quantitative estimate of drug-likeness (QED) is 0.318. The van der Waals surface area contributed by atoms with Crippen LogP contribution in [-0.4, -0.2) is 0 Å². The van der Waals surface area contributed by atoms with Crippen molar-refractivity contribution in [2.24, 2.45) is 0 Å². The van der Waals surface area contributed by atoms with Gasteiger partial charge >= 0.3 is 0 Å². The van der Waals surface area contributed by atoms with Gasteiger partial charge < -0.3 is 14.2 Å². The third-order valence-corrected chi connectivity index (χ3v) is 4.19. The van der Waals surface area contributed by atoms with Crippen molar-refractivity contribution in [3.05, 3.63) is 115 Å². The predicted molar refractivity (Wildman–Crippen MR) is 113 cm³/mol. The second kappa shape index (κ2) is 10.0. The summed E-state index contributed by atoms with van der Waals surface area (Å²) >= 11 is 0. The lowest BCUT2D eigenvalue weighted by Gasteiger charge is -2.17. The molecule has 0 aliphatic heterocycles. The van der Waals surface area contributed by atoms with Gasteiger partial charge in [-0.15, -0.1) is 6.58 Å². The third-order valence-electron chi connectivity index (χ3n) is 4.19. The minimum atomic E-state index is 0.459. The maximum atomic E-state index is 6.11. The van der Waals surface area contributed by atoms with E-state index >= 15 is 0 Å². The van der Waals surface area contributed by atoms with Gasteiger partial charge in [-0.3, -0.25) is 0 Å². The summed E-state index contributed by atoms with van der Waals surface area (Å²) in [6.07, 6.45) is 3.85. The molecule has 0 unspecified atom stereocenters. The van der Waals surface area contributed by atoms with Gasteiger partial charge in [0.1, 0.15) is 30.5 Å². The van der Waals surface area contributed by atoms with Gasteiger partial charge in [0, 0.05) is 17.7 Å². The van der Waals surface area contributed by atoms with Crippen LogP contribution in [0, 0.1) is 0 Å². The van der Waals surface area contributed by atoms with E-state index in [4.69, 9.17) is 14.2 Å². The Balaban J connectivity index is 1.85. The summed E-state index contributed by atoms with van der Waals surface area (Å²) < 4.78 is 17.7. The largest absolute Gasteiger partial charge is 0.489 e. The molecular formula is C25H24O3. The van der Waals surface area contributed by atoms with E-state index in [1.165, 1.54) is 6.26 Å². The first-order valence-corrected chi connectivity index (χ1v) is 9.19. The van der Waals surface area contributed by atoms with Gasteiger partial charge in [-0.05, 0) is 17.5 Å². The summed E-state index contributed by atoms with van der Waals surface area (Å²) in [6.45, 7) is 8.45. The molecule has 0 bridgehead atoms. The molecular weight excluding hydrogens is 348 g/mol. The van der Waals surface area contributed by atoms with E-state index < -0.39 is 0 Å². The van der Waals surface area contributed by atoms with Crippen LogP contribution >= 0.6 is 0 Å². The summed E-state index contributed by atoms with van der Waals surface area (Å²) in [4.78, 5) is 0. The van der Waals surface area contributed by atoms with Crippen molar-refractivity contribution in [1.29, 1.82) is 0 Å². The van der Waals surface area contributed by atoms with Crippen molar-refractivity contribution < 1.29 is 14.2 Å². The van der Waals surface area contributed by atoms with E-state index in [0.29, 0.717) is 36.9 Å². The standard InChI is InChI=1S/C25H24O3/c1-3-11-23-24(26-4-2)16-22(27-18-20-12-7-5-8-13-20)17-25(23)28-19-21-14-9-6-10-15-21/h3-10,12-17H,1-2,11,18-19H2. The molecule has 0 saturated heterocycles. The average molecular weight is 372 g/mol. The van der Waals surface area contributed by atoms with Crippen molar-refractivity contribution in [2.75, 3.05) is 0 Å². The Morgan fingerprint density at radius 3 is 1.86 bits per heavy atom. The molecule has 3 rings (SSSR count). The fourth-order valence-electron chi connectivity index (χ4n) is 2.82. The molecule has 0 aromatic heterocycles. The summed E-state index contributed by atoms with van der Waals surface area (Å²) in [5.41, 5.74) is 3.10. The Bertz CT molecular complexity index is 902. The molecule has 3 nitrogen and oxygen atoms in total. The summed E-state index contributed by atoms with van der Waals surface area (Å²) in [6, 6.07) is 23.8. The molecule has 142 valence electrons. The summed E-state index contributed by atoms with van der Waals surface area (Å²) in [5.74, 6) is 2.05. The molecule has 0 radical (unpaired) electrons. The van der Waals surface area contributed by atoms with Gasteiger partial charge in [0.15, 0.2) is 0 Å². The van der Waals surface area contributed by atoms with Crippen LogP contribution < -0.4 is 14.2 Å². The van der Waals surface area contributed by atoms with E-state index in [0.717, 1.165) is 16.7 Å². The Hall–Kier alpha value is -3.46. The Morgan fingerprint density at radius 2 is 1.29 bits per heavy atom. The first-order chi connectivity index (χ1) is 13.8. The first kappa shape index (κ1) is 19.3. The smallest absolute Gasteiger partial charge is 0.137 e. The third kappa shape index (κ3) is 5.27. The predicted octanol–water partition coefficient (Wildman–Crippen LogP) is 6.10. The fraction of sp³-hybridized carbons (Fsp3) is 0.120. The van der Waals surface area contributed by atoms with Gasteiger partial charge in [0.2, 0.25) is 0 Å². The molecule has 0 aliphatic rings. The van der Waals surface area contributed by atoms with Crippen LogP contribution in [0.15, 0.2) is 98.3 Å². The fourth-order valence-corrected chi connectivity index (χ4v) is 2.82. The number of benzene rings is 3. The second-order valence-corrected chi connectivity index (χ2v) is 6.22. The maximum absolute atomic E-state index is 6.11. The molecule has 0 amide bonds. The highest BCUT2D eigenvalue weighted by Gasteiger charge is 2.14. The highest BCUT2D eigenvalue weighted by atomic mass is 16.5. The molecule has 0 fully saturated rings. The van der Waals surface area contributed by atoms with Crippen molar-refractivity contribution in [1.82, 2.24) is 0 Å². The lowest BCUT2D eigenvalue weighted by Crippen LogP contribution is -2.02. The highest BCUT2D eigenvalue weighted by molar-refractivity contribution is 5.52. The molecule has 0 heterocycles. The molecule has 0 saturated carbocycles. The van der Waals surface area contributed by atoms with Gasteiger partial charge in [0.05, 0.1) is 6.26 Å². The second-order valence-electron chi connectivity index (χ2n) is 6.22. The number of hydrogen-bond donors (Lipinski definition) is 0. The monoisotopic (exact) mass is 372 g/mol. The van der Waals surface area contributed by atoms with E-state index in [9.17, 15) is 0 Å². The van der Waals surface area contributed by atoms with Crippen LogP contribution in [0.5, 0.6) is 17.2 Å². The molecule has 3 heteroatoms. The summed E-state index contributed by atoms with van der Waals surface area (Å²) in [7, 11) is 0. The normalized spacial score (nSPS) is 10.1. The topological polar surface area (TPSA) is 27.7 Å². The molecule has 0 spiro atoms. The van der Waals surface area contributed by atoms with Gasteiger partial charge in [-0.1, -0.05) is 73.3 Å². The van der Waals surface area contributed by atoms with Crippen molar-refractivity contribution >= 4 is 0 Å². The Kier molecular flexibility index (Phi) is 6.91. The van der Waals surface area contributed by atoms with Crippen molar-refractivity contribution in [3.63, 3.8) is 0 Å².